The van der Waals surface area contributed by atoms with Crippen LogP contribution >= 0.6 is 0 Å². The molecule has 0 spiro atoms. The molecule has 2 heteroatoms. The van der Waals surface area contributed by atoms with Gasteiger partial charge in [-0.05, 0) is 24.5 Å². The van der Waals surface area contributed by atoms with Crippen LogP contribution in [-0.4, -0.2) is 18.0 Å². The summed E-state index contributed by atoms with van der Waals surface area (Å²) >= 11 is 0. The van der Waals surface area contributed by atoms with E-state index in [2.05, 4.69) is 29.8 Å². The zero-order chi connectivity index (χ0) is 9.26. The quantitative estimate of drug-likeness (QED) is 0.656. The lowest BCUT2D eigenvalue weighted by Crippen LogP contribution is -2.25. The van der Waals surface area contributed by atoms with E-state index in [4.69, 9.17) is 0 Å². The van der Waals surface area contributed by atoms with Gasteiger partial charge in [0.2, 0.25) is 0 Å². The molecule has 0 aliphatic carbocycles. The molecule has 2 rings (SSSR count). The van der Waals surface area contributed by atoms with Crippen LogP contribution in [-0.2, 0) is 0 Å². The molecule has 1 fully saturated rings. The third-order valence-corrected chi connectivity index (χ3v) is 2.68. The van der Waals surface area contributed by atoms with E-state index in [-0.39, 0.29) is 0 Å². The fourth-order valence-corrected chi connectivity index (χ4v) is 1.91. The summed E-state index contributed by atoms with van der Waals surface area (Å²) in [6.07, 6.45) is 7.39. The molecule has 1 atom stereocenters. The molecule has 0 aromatic rings. The van der Waals surface area contributed by atoms with Gasteiger partial charge < -0.3 is 10.2 Å². The van der Waals surface area contributed by atoms with E-state index < -0.39 is 0 Å². The number of hydrogen-bond acceptors (Lipinski definition) is 2. The van der Waals surface area contributed by atoms with Crippen LogP contribution in [0.1, 0.15) is 13.3 Å². The average Bonchev–Trinajstić information content (AvgIpc) is 2.53. The molecule has 0 aromatic carbocycles. The number of rotatable bonds is 1. The van der Waals surface area contributed by atoms with E-state index in [1.54, 1.807) is 0 Å². The van der Waals surface area contributed by atoms with Gasteiger partial charge >= 0.3 is 0 Å². The molecule has 0 saturated carbocycles. The average molecular weight is 176 g/mol. The summed E-state index contributed by atoms with van der Waals surface area (Å²) in [7, 11) is 0. The summed E-state index contributed by atoms with van der Waals surface area (Å²) in [4.78, 5) is 2.41. The van der Waals surface area contributed by atoms with Crippen LogP contribution in [0.4, 0.5) is 0 Å². The van der Waals surface area contributed by atoms with E-state index in [0.717, 1.165) is 11.6 Å². The van der Waals surface area contributed by atoms with Crippen molar-refractivity contribution in [1.82, 2.24) is 10.2 Å². The summed E-state index contributed by atoms with van der Waals surface area (Å²) in [5.41, 5.74) is 2.28. The fraction of sp³-hybridized carbons (Fsp3) is 0.455. The largest absolute Gasteiger partial charge is 0.370 e. The SMILES string of the molecule is C=C1NC=CC=C1N1CCC(C)C1. The summed E-state index contributed by atoms with van der Waals surface area (Å²) in [6.45, 7) is 8.63. The van der Waals surface area contributed by atoms with Gasteiger partial charge in [0.15, 0.2) is 0 Å². The number of nitrogens with zero attached hydrogens (tertiary/aromatic N) is 1. The van der Waals surface area contributed by atoms with Crippen molar-refractivity contribution in [3.8, 4) is 0 Å². The van der Waals surface area contributed by atoms with Crippen molar-refractivity contribution in [1.29, 1.82) is 0 Å². The Balaban J connectivity index is 2.11. The molecule has 1 unspecified atom stereocenters. The highest BCUT2D eigenvalue weighted by molar-refractivity contribution is 5.34. The minimum absolute atomic E-state index is 0.819. The fourth-order valence-electron chi connectivity index (χ4n) is 1.91. The molecule has 0 aromatic heterocycles. The molecule has 2 aliphatic heterocycles. The summed E-state index contributed by atoms with van der Waals surface area (Å²) in [6, 6.07) is 0. The van der Waals surface area contributed by atoms with Crippen LogP contribution in [0.2, 0.25) is 0 Å². The van der Waals surface area contributed by atoms with Crippen molar-refractivity contribution in [2.45, 2.75) is 13.3 Å². The highest BCUT2D eigenvalue weighted by Crippen LogP contribution is 2.23. The van der Waals surface area contributed by atoms with Crippen molar-refractivity contribution < 1.29 is 0 Å². The Kier molecular flexibility index (Phi) is 2.13. The molecule has 2 heterocycles. The maximum Gasteiger partial charge on any atom is 0.0599 e. The second-order valence-corrected chi connectivity index (χ2v) is 3.87. The van der Waals surface area contributed by atoms with Crippen molar-refractivity contribution >= 4 is 0 Å². The van der Waals surface area contributed by atoms with Gasteiger partial charge in [-0.1, -0.05) is 13.5 Å². The van der Waals surface area contributed by atoms with Crippen LogP contribution in [0.3, 0.4) is 0 Å². The molecular formula is C11H16N2. The Labute approximate surface area is 79.6 Å². The first-order chi connectivity index (χ1) is 6.27. The third kappa shape index (κ3) is 1.62. The summed E-state index contributed by atoms with van der Waals surface area (Å²) in [5, 5.41) is 3.14. The maximum absolute atomic E-state index is 3.99. The van der Waals surface area contributed by atoms with Crippen LogP contribution in [0, 0.1) is 5.92 Å². The van der Waals surface area contributed by atoms with Gasteiger partial charge in [-0.2, -0.15) is 0 Å². The Hall–Kier alpha value is -1.18. The van der Waals surface area contributed by atoms with Gasteiger partial charge in [0.25, 0.3) is 0 Å². The normalized spacial score (nSPS) is 27.5. The smallest absolute Gasteiger partial charge is 0.0599 e. The topological polar surface area (TPSA) is 15.3 Å². The molecule has 0 bridgehead atoms. The minimum atomic E-state index is 0.819. The van der Waals surface area contributed by atoms with Gasteiger partial charge in [-0.25, -0.2) is 0 Å². The zero-order valence-corrected chi connectivity index (χ0v) is 8.09. The number of hydrogen-bond donors (Lipinski definition) is 1. The van der Waals surface area contributed by atoms with Crippen molar-refractivity contribution in [3.63, 3.8) is 0 Å². The maximum atomic E-state index is 3.99. The Morgan fingerprint density at radius 3 is 3.08 bits per heavy atom. The molecule has 1 saturated heterocycles. The second kappa shape index (κ2) is 3.29. The molecule has 0 radical (unpaired) electrons. The van der Waals surface area contributed by atoms with Gasteiger partial charge in [0.1, 0.15) is 0 Å². The van der Waals surface area contributed by atoms with Gasteiger partial charge in [-0.15, -0.1) is 0 Å². The van der Waals surface area contributed by atoms with Crippen LogP contribution < -0.4 is 5.32 Å². The highest BCUT2D eigenvalue weighted by atomic mass is 15.2. The standard InChI is InChI=1S/C11H16N2/c1-9-5-7-13(8-9)11-4-3-6-12-10(11)2/h3-4,6,9,12H,2,5,7-8H2,1H3. The number of dihydropyridines is 1. The van der Waals surface area contributed by atoms with E-state index >= 15 is 0 Å². The number of nitrogens with one attached hydrogen (secondary N) is 1. The molecule has 13 heavy (non-hydrogen) atoms. The lowest BCUT2D eigenvalue weighted by atomic mass is 10.2. The summed E-state index contributed by atoms with van der Waals surface area (Å²) in [5.74, 6) is 0.819. The van der Waals surface area contributed by atoms with E-state index in [1.807, 2.05) is 12.3 Å². The van der Waals surface area contributed by atoms with Crippen LogP contribution in [0.5, 0.6) is 0 Å². The van der Waals surface area contributed by atoms with Crippen molar-refractivity contribution in [2.75, 3.05) is 13.1 Å². The van der Waals surface area contributed by atoms with Crippen molar-refractivity contribution in [2.24, 2.45) is 5.92 Å². The third-order valence-electron chi connectivity index (χ3n) is 2.68. The predicted octanol–water partition coefficient (Wildman–Crippen LogP) is 1.84. The number of allylic oxidation sites excluding steroid dienone is 2. The van der Waals surface area contributed by atoms with Crippen LogP contribution in [0.15, 0.2) is 36.3 Å². The molecule has 70 valence electrons. The lowest BCUT2D eigenvalue weighted by molar-refractivity contribution is 0.413. The summed E-state index contributed by atoms with van der Waals surface area (Å²) < 4.78 is 0. The Morgan fingerprint density at radius 2 is 2.46 bits per heavy atom. The second-order valence-electron chi connectivity index (χ2n) is 3.87. The number of likely N-dealkylation sites (tertiary alicyclic amines) is 1. The van der Waals surface area contributed by atoms with Gasteiger partial charge in [0.05, 0.1) is 11.4 Å². The first-order valence-electron chi connectivity index (χ1n) is 4.85. The Bertz CT molecular complexity index is 276. The van der Waals surface area contributed by atoms with Crippen LogP contribution in [0.25, 0.3) is 0 Å². The van der Waals surface area contributed by atoms with Crippen molar-refractivity contribution in [3.05, 3.63) is 36.3 Å². The zero-order valence-electron chi connectivity index (χ0n) is 8.09. The Morgan fingerprint density at radius 1 is 1.62 bits per heavy atom. The lowest BCUT2D eigenvalue weighted by Gasteiger charge is -2.25. The highest BCUT2D eigenvalue weighted by Gasteiger charge is 2.22. The van der Waals surface area contributed by atoms with Gasteiger partial charge in [-0.3, -0.25) is 0 Å². The minimum Gasteiger partial charge on any atom is -0.370 e. The monoisotopic (exact) mass is 176 g/mol. The molecule has 2 nitrogen and oxygen atoms in total. The molecule has 2 aliphatic rings. The molecule has 0 amide bonds. The first-order valence-corrected chi connectivity index (χ1v) is 4.85. The van der Waals surface area contributed by atoms with E-state index in [1.165, 1.54) is 25.2 Å². The molecule has 1 N–H and O–H groups in total. The molecular weight excluding hydrogens is 160 g/mol. The van der Waals surface area contributed by atoms with E-state index in [0.29, 0.717) is 0 Å². The van der Waals surface area contributed by atoms with E-state index in [9.17, 15) is 0 Å². The van der Waals surface area contributed by atoms with Gasteiger partial charge in [0, 0.05) is 19.3 Å². The first kappa shape index (κ1) is 8.42. The predicted molar refractivity (Wildman–Crippen MR) is 54.9 cm³/mol.